The SMILES string of the molecule is Cc1ccc(C(C)C)c(OCC(=O)OCC(=O)Nc2cc(=O)n(C)c(=O)n2C)c1. The Balaban J connectivity index is 1.92. The maximum Gasteiger partial charge on any atom is 0.344 e. The molecule has 1 aromatic carbocycles. The van der Waals surface area contributed by atoms with Gasteiger partial charge in [-0.2, -0.15) is 0 Å². The largest absolute Gasteiger partial charge is 0.482 e. The Labute approximate surface area is 167 Å². The summed E-state index contributed by atoms with van der Waals surface area (Å²) in [6, 6.07) is 6.86. The number of nitrogens with one attached hydrogen (secondary N) is 1. The Morgan fingerprint density at radius 2 is 1.76 bits per heavy atom. The molecule has 9 nitrogen and oxygen atoms in total. The van der Waals surface area contributed by atoms with Crippen LogP contribution in [0.5, 0.6) is 5.75 Å². The molecule has 29 heavy (non-hydrogen) atoms. The number of ether oxygens (including phenoxy) is 2. The van der Waals surface area contributed by atoms with Crippen molar-refractivity contribution in [2.24, 2.45) is 14.1 Å². The lowest BCUT2D eigenvalue weighted by Crippen LogP contribution is -2.38. The standard InChI is InChI=1S/C20H25N3O6/c1-12(2)14-7-6-13(3)8-15(14)28-11-19(26)29-10-17(24)21-16-9-18(25)23(5)20(27)22(16)4/h6-9,12H,10-11H2,1-5H3,(H,21,24). The highest BCUT2D eigenvalue weighted by atomic mass is 16.6. The summed E-state index contributed by atoms with van der Waals surface area (Å²) in [6.45, 7) is 5.04. The van der Waals surface area contributed by atoms with E-state index in [9.17, 15) is 19.2 Å². The van der Waals surface area contributed by atoms with Gasteiger partial charge < -0.3 is 14.8 Å². The zero-order valence-electron chi connectivity index (χ0n) is 17.1. The molecule has 0 aliphatic rings. The Kier molecular flexibility index (Phi) is 6.98. The summed E-state index contributed by atoms with van der Waals surface area (Å²) < 4.78 is 12.5. The van der Waals surface area contributed by atoms with Gasteiger partial charge in [0.05, 0.1) is 0 Å². The molecular formula is C20H25N3O6. The van der Waals surface area contributed by atoms with E-state index in [0.717, 1.165) is 26.3 Å². The Morgan fingerprint density at radius 1 is 1.07 bits per heavy atom. The second-order valence-electron chi connectivity index (χ2n) is 6.96. The van der Waals surface area contributed by atoms with Crippen LogP contribution in [0.2, 0.25) is 0 Å². The van der Waals surface area contributed by atoms with Crippen molar-refractivity contribution in [2.45, 2.75) is 26.7 Å². The minimum atomic E-state index is -0.714. The van der Waals surface area contributed by atoms with Crippen molar-refractivity contribution in [3.63, 3.8) is 0 Å². The quantitative estimate of drug-likeness (QED) is 0.693. The van der Waals surface area contributed by atoms with Crippen LogP contribution in [0.3, 0.4) is 0 Å². The number of benzene rings is 1. The van der Waals surface area contributed by atoms with E-state index in [1.165, 1.54) is 14.1 Å². The Bertz CT molecular complexity index is 1040. The predicted molar refractivity (Wildman–Crippen MR) is 107 cm³/mol. The molecule has 0 atom stereocenters. The number of rotatable bonds is 7. The molecule has 0 aliphatic heterocycles. The maximum atomic E-state index is 12.0. The molecule has 0 saturated heterocycles. The average Bonchev–Trinajstić information content (AvgIpc) is 2.67. The van der Waals surface area contributed by atoms with Crippen LogP contribution in [-0.2, 0) is 28.4 Å². The zero-order chi connectivity index (χ0) is 21.7. The molecule has 0 unspecified atom stereocenters. The summed E-state index contributed by atoms with van der Waals surface area (Å²) >= 11 is 0. The number of nitrogens with zero attached hydrogens (tertiary/aromatic N) is 2. The molecule has 1 heterocycles. The molecule has 1 aromatic heterocycles. The first-order chi connectivity index (χ1) is 13.6. The minimum Gasteiger partial charge on any atom is -0.482 e. The second-order valence-corrected chi connectivity index (χ2v) is 6.96. The van der Waals surface area contributed by atoms with E-state index < -0.39 is 29.7 Å². The molecule has 9 heteroatoms. The van der Waals surface area contributed by atoms with Gasteiger partial charge in [-0.15, -0.1) is 0 Å². The van der Waals surface area contributed by atoms with Crippen molar-refractivity contribution < 1.29 is 19.1 Å². The Morgan fingerprint density at radius 3 is 2.41 bits per heavy atom. The van der Waals surface area contributed by atoms with Crippen molar-refractivity contribution in [1.82, 2.24) is 9.13 Å². The highest BCUT2D eigenvalue weighted by Gasteiger charge is 2.14. The maximum absolute atomic E-state index is 12.0. The molecule has 2 rings (SSSR count). The molecule has 2 aromatic rings. The number of anilines is 1. The van der Waals surface area contributed by atoms with Crippen molar-refractivity contribution in [3.8, 4) is 5.75 Å². The van der Waals surface area contributed by atoms with Gasteiger partial charge in [-0.05, 0) is 30.0 Å². The summed E-state index contributed by atoms with van der Waals surface area (Å²) in [5.41, 5.74) is 0.815. The first-order valence-corrected chi connectivity index (χ1v) is 9.06. The second kappa shape index (κ2) is 9.22. The number of aromatic nitrogens is 2. The first kappa shape index (κ1) is 21.9. The normalized spacial score (nSPS) is 10.7. The number of hydrogen-bond donors (Lipinski definition) is 1. The number of amides is 1. The van der Waals surface area contributed by atoms with Crippen LogP contribution in [0.1, 0.15) is 30.9 Å². The minimum absolute atomic E-state index is 0.0109. The molecule has 0 fully saturated rings. The lowest BCUT2D eigenvalue weighted by Gasteiger charge is -2.14. The van der Waals surface area contributed by atoms with E-state index in [1.807, 2.05) is 39.0 Å². The van der Waals surface area contributed by atoms with E-state index >= 15 is 0 Å². The predicted octanol–water partition coefficient (Wildman–Crippen LogP) is 1.08. The smallest absolute Gasteiger partial charge is 0.344 e. The lowest BCUT2D eigenvalue weighted by atomic mass is 10.0. The molecule has 1 amide bonds. The zero-order valence-corrected chi connectivity index (χ0v) is 17.1. The summed E-state index contributed by atoms with van der Waals surface area (Å²) in [6.07, 6.45) is 0. The number of carbonyl (C=O) groups is 2. The number of esters is 1. The summed E-state index contributed by atoms with van der Waals surface area (Å²) in [4.78, 5) is 47.4. The third-order valence-electron chi connectivity index (χ3n) is 4.29. The van der Waals surface area contributed by atoms with E-state index in [-0.39, 0.29) is 18.3 Å². The fourth-order valence-corrected chi connectivity index (χ4v) is 2.60. The third-order valence-corrected chi connectivity index (χ3v) is 4.29. The fraction of sp³-hybridized carbons (Fsp3) is 0.400. The van der Waals surface area contributed by atoms with Crippen LogP contribution < -0.4 is 21.3 Å². The van der Waals surface area contributed by atoms with Crippen LogP contribution >= 0.6 is 0 Å². The van der Waals surface area contributed by atoms with Gasteiger partial charge in [-0.3, -0.25) is 18.7 Å². The number of carbonyl (C=O) groups excluding carboxylic acids is 2. The molecule has 0 spiro atoms. The van der Waals surface area contributed by atoms with Gasteiger partial charge >= 0.3 is 11.7 Å². The van der Waals surface area contributed by atoms with Crippen LogP contribution in [0.15, 0.2) is 33.9 Å². The third kappa shape index (κ3) is 5.56. The van der Waals surface area contributed by atoms with Crippen LogP contribution in [0.25, 0.3) is 0 Å². The Hall–Kier alpha value is -3.36. The lowest BCUT2D eigenvalue weighted by molar-refractivity contribution is -0.149. The van der Waals surface area contributed by atoms with E-state index in [4.69, 9.17) is 9.47 Å². The van der Waals surface area contributed by atoms with E-state index in [2.05, 4.69) is 5.32 Å². The fourth-order valence-electron chi connectivity index (χ4n) is 2.60. The first-order valence-electron chi connectivity index (χ1n) is 9.06. The molecule has 0 aliphatic carbocycles. The molecule has 0 radical (unpaired) electrons. The van der Waals surface area contributed by atoms with Gasteiger partial charge in [0.2, 0.25) is 0 Å². The highest BCUT2D eigenvalue weighted by molar-refractivity contribution is 5.92. The van der Waals surface area contributed by atoms with Crippen LogP contribution in [0, 0.1) is 6.92 Å². The van der Waals surface area contributed by atoms with Gasteiger partial charge in [0.25, 0.3) is 11.5 Å². The monoisotopic (exact) mass is 403 g/mol. The topological polar surface area (TPSA) is 109 Å². The summed E-state index contributed by atoms with van der Waals surface area (Å²) in [5.74, 6) is -0.569. The van der Waals surface area contributed by atoms with Gasteiger partial charge in [0.15, 0.2) is 13.2 Å². The number of aryl methyl sites for hydroxylation is 1. The molecule has 156 valence electrons. The van der Waals surface area contributed by atoms with E-state index in [1.54, 1.807) is 0 Å². The van der Waals surface area contributed by atoms with Gasteiger partial charge in [-0.25, -0.2) is 9.59 Å². The van der Waals surface area contributed by atoms with Crippen LogP contribution in [0.4, 0.5) is 5.82 Å². The number of hydrogen-bond acceptors (Lipinski definition) is 6. The highest BCUT2D eigenvalue weighted by Crippen LogP contribution is 2.27. The van der Waals surface area contributed by atoms with Crippen molar-refractivity contribution >= 4 is 17.7 Å². The molecular weight excluding hydrogens is 378 g/mol. The van der Waals surface area contributed by atoms with Crippen molar-refractivity contribution in [3.05, 3.63) is 56.2 Å². The van der Waals surface area contributed by atoms with Crippen molar-refractivity contribution in [2.75, 3.05) is 18.5 Å². The van der Waals surface area contributed by atoms with Crippen molar-refractivity contribution in [1.29, 1.82) is 0 Å². The molecule has 0 saturated carbocycles. The average molecular weight is 403 g/mol. The summed E-state index contributed by atoms with van der Waals surface area (Å²) in [5, 5.41) is 2.37. The molecule has 1 N–H and O–H groups in total. The van der Waals surface area contributed by atoms with Gasteiger partial charge in [-0.1, -0.05) is 26.0 Å². The van der Waals surface area contributed by atoms with Crippen LogP contribution in [-0.4, -0.2) is 34.2 Å². The summed E-state index contributed by atoms with van der Waals surface area (Å²) in [7, 11) is 2.74. The molecule has 0 bridgehead atoms. The van der Waals surface area contributed by atoms with E-state index in [0.29, 0.717) is 5.75 Å². The van der Waals surface area contributed by atoms with Gasteiger partial charge in [0, 0.05) is 20.2 Å². The van der Waals surface area contributed by atoms with Gasteiger partial charge in [0.1, 0.15) is 11.6 Å².